The Morgan fingerprint density at radius 2 is 1.78 bits per heavy atom. The number of amides is 1. The fourth-order valence-corrected chi connectivity index (χ4v) is 6.73. The van der Waals surface area contributed by atoms with Crippen molar-refractivity contribution in [3.63, 3.8) is 0 Å². The van der Waals surface area contributed by atoms with Crippen molar-refractivity contribution in [2.75, 3.05) is 27.9 Å². The molecule has 0 fully saturated rings. The molecule has 5 aromatic rings. The molecule has 2 atom stereocenters. The summed E-state index contributed by atoms with van der Waals surface area (Å²) in [6.07, 6.45) is 1.81. The summed E-state index contributed by atoms with van der Waals surface area (Å²) in [5.74, 6) is 0.0256. The lowest BCUT2D eigenvalue weighted by Crippen LogP contribution is -2.56. The van der Waals surface area contributed by atoms with Gasteiger partial charge >= 0.3 is 0 Å². The van der Waals surface area contributed by atoms with Gasteiger partial charge in [-0.05, 0) is 36.4 Å². The highest BCUT2D eigenvalue weighted by atomic mass is 35.5. The number of aromatic nitrogens is 3. The average Bonchev–Trinajstić information content (AvgIpc) is 3.83. The third-order valence-electron chi connectivity index (χ3n) is 8.96. The van der Waals surface area contributed by atoms with Gasteiger partial charge in [0.2, 0.25) is 34.8 Å². The number of pyridine rings is 1. The van der Waals surface area contributed by atoms with E-state index >= 15 is 0 Å². The zero-order chi connectivity index (χ0) is 35.2. The fourth-order valence-electron chi connectivity index (χ4n) is 6.46. The van der Waals surface area contributed by atoms with Crippen molar-refractivity contribution in [2.45, 2.75) is 31.8 Å². The number of nitrogens with zero attached hydrogens (tertiary/aromatic N) is 3. The molecule has 0 radical (unpaired) electrons. The minimum atomic E-state index is -1.98. The van der Waals surface area contributed by atoms with Crippen LogP contribution in [0.5, 0.6) is 23.0 Å². The van der Waals surface area contributed by atoms with Crippen molar-refractivity contribution in [3.8, 4) is 45.8 Å². The molecule has 4 heterocycles. The van der Waals surface area contributed by atoms with Crippen molar-refractivity contribution in [1.82, 2.24) is 20.4 Å². The number of ether oxygens (including phenoxy) is 4. The second kappa shape index (κ2) is 13.0. The lowest BCUT2D eigenvalue weighted by Gasteiger charge is -2.35. The topological polar surface area (TPSA) is 165 Å². The first-order chi connectivity index (χ1) is 24.2. The van der Waals surface area contributed by atoms with Gasteiger partial charge in [0.05, 0.1) is 33.3 Å². The Balaban J connectivity index is 1.21. The minimum absolute atomic E-state index is 0.00177. The molecule has 2 aliphatic rings. The molecule has 1 amide bonds. The summed E-state index contributed by atoms with van der Waals surface area (Å²) in [6.45, 7) is 1.91. The Morgan fingerprint density at radius 3 is 2.48 bits per heavy atom. The first-order valence-electron chi connectivity index (χ1n) is 15.7. The minimum Gasteiger partial charge on any atom is -0.497 e. The summed E-state index contributed by atoms with van der Waals surface area (Å²) in [4.78, 5) is 51.2. The zero-order valence-corrected chi connectivity index (χ0v) is 28.3. The summed E-state index contributed by atoms with van der Waals surface area (Å²) in [6, 6.07) is 13.9. The first-order valence-corrected chi connectivity index (χ1v) is 16.1. The van der Waals surface area contributed by atoms with Crippen LogP contribution in [0.4, 0.5) is 0 Å². The van der Waals surface area contributed by atoms with E-state index in [1.165, 1.54) is 20.3 Å². The van der Waals surface area contributed by atoms with E-state index in [1.807, 2.05) is 6.07 Å². The number of ketones is 2. The highest BCUT2D eigenvalue weighted by Crippen LogP contribution is 2.54. The van der Waals surface area contributed by atoms with E-state index in [0.717, 1.165) is 0 Å². The molecule has 13 nitrogen and oxygen atoms in total. The maximum absolute atomic E-state index is 14.8. The molecular formula is C36H31ClN4O9. The van der Waals surface area contributed by atoms with E-state index in [2.05, 4.69) is 20.4 Å². The van der Waals surface area contributed by atoms with Crippen molar-refractivity contribution in [1.29, 1.82) is 0 Å². The maximum atomic E-state index is 14.8. The Labute approximate surface area is 290 Å². The zero-order valence-electron chi connectivity index (χ0n) is 27.5. The summed E-state index contributed by atoms with van der Waals surface area (Å²) in [7, 11) is 4.37. The number of benzene rings is 2. The Hall–Kier alpha value is -5.69. The number of carbonyl (C=O) groups is 3. The van der Waals surface area contributed by atoms with Crippen molar-refractivity contribution < 1.29 is 42.3 Å². The lowest BCUT2D eigenvalue weighted by molar-refractivity contribution is -0.120. The molecule has 0 bridgehead atoms. The van der Waals surface area contributed by atoms with Crippen LogP contribution in [0.15, 0.2) is 63.7 Å². The van der Waals surface area contributed by atoms with Crippen molar-refractivity contribution >= 4 is 29.1 Å². The molecule has 1 aliphatic carbocycles. The maximum Gasteiger partial charge on any atom is 0.237 e. The number of hydrogen-bond donors (Lipinski definition) is 1. The molecule has 1 N–H and O–H groups in total. The number of methoxy groups -OCH3 is 3. The van der Waals surface area contributed by atoms with E-state index in [9.17, 15) is 14.4 Å². The third kappa shape index (κ3) is 5.34. The molecule has 3 aromatic heterocycles. The molecule has 50 heavy (non-hydrogen) atoms. The molecule has 0 unspecified atom stereocenters. The average molecular weight is 699 g/mol. The second-order valence-corrected chi connectivity index (χ2v) is 12.2. The number of carbonyl (C=O) groups excluding carboxylic acids is 3. The van der Waals surface area contributed by atoms with Crippen LogP contribution in [0, 0.1) is 5.92 Å². The van der Waals surface area contributed by atoms with E-state index in [0.29, 0.717) is 45.8 Å². The van der Waals surface area contributed by atoms with Crippen LogP contribution in [0.1, 0.15) is 44.9 Å². The molecule has 2 aromatic carbocycles. The predicted octanol–water partition coefficient (Wildman–Crippen LogP) is 5.36. The monoisotopic (exact) mass is 698 g/mol. The number of furan rings is 1. The molecule has 7 rings (SSSR count). The number of nitrogens with one attached hydrogen (secondary N) is 1. The Morgan fingerprint density at radius 1 is 1.02 bits per heavy atom. The van der Waals surface area contributed by atoms with Gasteiger partial charge in [0.1, 0.15) is 45.0 Å². The van der Waals surface area contributed by atoms with Gasteiger partial charge in [0.15, 0.2) is 5.75 Å². The van der Waals surface area contributed by atoms with Gasteiger partial charge in [-0.1, -0.05) is 29.7 Å². The number of Topliss-reactive ketones (excluding diaryl/α,β-unsaturated/α-hetero) is 2. The van der Waals surface area contributed by atoms with Crippen LogP contribution >= 0.6 is 11.6 Å². The van der Waals surface area contributed by atoms with Gasteiger partial charge in [0, 0.05) is 48.7 Å². The molecular weight excluding hydrogens is 668 g/mol. The van der Waals surface area contributed by atoms with E-state index in [-0.39, 0.29) is 59.2 Å². The van der Waals surface area contributed by atoms with Gasteiger partial charge in [-0.3, -0.25) is 19.4 Å². The molecule has 14 heteroatoms. The fraction of sp³-hybridized carbons (Fsp3) is 0.278. The van der Waals surface area contributed by atoms with Crippen LogP contribution in [0.25, 0.3) is 22.8 Å². The summed E-state index contributed by atoms with van der Waals surface area (Å²) < 4.78 is 34.2. The second-order valence-electron chi connectivity index (χ2n) is 11.8. The Kier molecular flexibility index (Phi) is 8.52. The van der Waals surface area contributed by atoms with Crippen LogP contribution < -0.4 is 24.3 Å². The van der Waals surface area contributed by atoms with Gasteiger partial charge in [-0.2, -0.15) is 4.98 Å². The van der Waals surface area contributed by atoms with Crippen LogP contribution in [-0.4, -0.2) is 66.1 Å². The lowest BCUT2D eigenvalue weighted by atomic mass is 9.70. The van der Waals surface area contributed by atoms with Gasteiger partial charge in [-0.15, -0.1) is 0 Å². The van der Waals surface area contributed by atoms with Crippen LogP contribution in [0.3, 0.4) is 0 Å². The standard InChI is InChI=1S/C36H31ClN4O9/c1-18-15-24-28(33(43)36(18)34(44)29-23(46-3)17-25(47-4)30(37)32(29)49-36)21(31(48-24)19-8-10-20(45-2)11-9-19)16-26(42)39-14-12-27-40-35(41-50-27)22-7-5-6-13-38-22/h5-11,13,17-18H,12,14-16H2,1-4H3,(H,39,42)/t18-,36+/m1/s1. The molecule has 0 saturated carbocycles. The number of rotatable bonds is 10. The smallest absolute Gasteiger partial charge is 0.237 e. The molecule has 1 spiro atoms. The predicted molar refractivity (Wildman–Crippen MR) is 178 cm³/mol. The van der Waals surface area contributed by atoms with Crippen molar-refractivity contribution in [3.05, 3.63) is 88.1 Å². The third-order valence-corrected chi connectivity index (χ3v) is 9.32. The normalized spacial score (nSPS) is 17.7. The van der Waals surface area contributed by atoms with Gasteiger partial charge in [0.25, 0.3) is 0 Å². The van der Waals surface area contributed by atoms with E-state index in [1.54, 1.807) is 56.6 Å². The first kappa shape index (κ1) is 32.8. The Bertz CT molecular complexity index is 2130. The van der Waals surface area contributed by atoms with Crippen molar-refractivity contribution in [2.24, 2.45) is 5.92 Å². The van der Waals surface area contributed by atoms with Crippen LogP contribution in [-0.2, 0) is 24.1 Å². The highest BCUT2D eigenvalue weighted by Gasteiger charge is 2.63. The number of fused-ring (bicyclic) bond motifs is 2. The summed E-state index contributed by atoms with van der Waals surface area (Å²) in [5.41, 5.74) is -0.323. The number of hydrogen-bond acceptors (Lipinski definition) is 12. The quantitative estimate of drug-likeness (QED) is 0.186. The molecule has 1 aliphatic heterocycles. The van der Waals surface area contributed by atoms with E-state index in [4.69, 9.17) is 39.5 Å². The highest BCUT2D eigenvalue weighted by molar-refractivity contribution is 6.36. The van der Waals surface area contributed by atoms with Crippen LogP contribution in [0.2, 0.25) is 5.02 Å². The van der Waals surface area contributed by atoms with Gasteiger partial charge < -0.3 is 33.2 Å². The SMILES string of the molecule is COc1ccc(-c2oc3c(c2CC(=O)NCCc2nc(-c4ccccn4)no2)C(=O)[C@@]2(Oc4c(Cl)c(OC)cc(OC)c4C2=O)[C@H](C)C3)cc1. The summed E-state index contributed by atoms with van der Waals surface area (Å²) in [5, 5.41) is 6.87. The largest absolute Gasteiger partial charge is 0.497 e. The molecule has 0 saturated heterocycles. The molecule has 256 valence electrons. The number of halogens is 1. The van der Waals surface area contributed by atoms with E-state index < -0.39 is 29.0 Å². The van der Waals surface area contributed by atoms with Gasteiger partial charge in [-0.25, -0.2) is 0 Å². The summed E-state index contributed by atoms with van der Waals surface area (Å²) >= 11 is 6.61.